The van der Waals surface area contributed by atoms with Crippen LogP contribution in [-0.4, -0.2) is 11.3 Å². The van der Waals surface area contributed by atoms with Gasteiger partial charge in [0.2, 0.25) is 0 Å². The highest BCUT2D eigenvalue weighted by Crippen LogP contribution is 2.41. The molecule has 0 radical (unpaired) electrons. The maximum Gasteiger partial charge on any atom is 0.0652 e. The summed E-state index contributed by atoms with van der Waals surface area (Å²) in [5.41, 5.74) is 12.6. The number of rotatable bonds is 6. The molecule has 0 saturated heterocycles. The molecule has 0 aliphatic rings. The van der Waals surface area contributed by atoms with Crippen LogP contribution in [0.4, 0.5) is 0 Å². The fraction of sp³-hybridized carbons (Fsp3) is 0.0250. The Balaban J connectivity index is 1.51. The van der Waals surface area contributed by atoms with Crippen molar-refractivity contribution in [3.05, 3.63) is 157 Å². The van der Waals surface area contributed by atoms with Crippen LogP contribution in [0.1, 0.15) is 12.5 Å². The highest BCUT2D eigenvalue weighted by Gasteiger charge is 2.19. The van der Waals surface area contributed by atoms with E-state index in [0.717, 1.165) is 16.9 Å². The lowest BCUT2D eigenvalue weighted by Gasteiger charge is -2.15. The number of aromatic nitrogens is 1. The van der Waals surface area contributed by atoms with Crippen molar-refractivity contribution in [3.63, 3.8) is 0 Å². The van der Waals surface area contributed by atoms with E-state index in [-0.39, 0.29) is 0 Å². The number of benzene rings is 6. The average molecular weight is 539 g/mol. The Kier molecular flexibility index (Phi) is 6.58. The van der Waals surface area contributed by atoms with Gasteiger partial charge in [0, 0.05) is 27.6 Å². The molecule has 0 spiro atoms. The predicted octanol–water partition coefficient (Wildman–Crippen LogP) is 10.8. The molecule has 7 rings (SSSR count). The summed E-state index contributed by atoms with van der Waals surface area (Å²) in [7, 11) is 0. The fourth-order valence-electron chi connectivity index (χ4n) is 6.01. The molecule has 1 heterocycles. The minimum atomic E-state index is 0.877. The Morgan fingerprint density at radius 3 is 1.88 bits per heavy atom. The van der Waals surface area contributed by atoms with Crippen LogP contribution in [0, 0.1) is 0 Å². The molecule has 7 aromatic rings. The molecule has 2 nitrogen and oxygen atoms in total. The normalized spacial score (nSPS) is 11.7. The largest absolute Gasteiger partial charge is 0.309 e. The van der Waals surface area contributed by atoms with Crippen molar-refractivity contribution in [1.82, 2.24) is 4.57 Å². The molecule has 2 heteroatoms. The first-order valence-corrected chi connectivity index (χ1v) is 14.3. The molecule has 0 fully saturated rings. The molecule has 200 valence electrons. The number of fused-ring (bicyclic) bond motifs is 3. The molecule has 0 aliphatic carbocycles. The standard InChI is InChI=1S/C40H30N2/c1-3-38(41-2)32-17-12-18-34(25-32)42-39-20-11-10-19-35(39)37-27-33(26-36(40(37)42)31-15-8-5-9-16-31)30-23-21-29(22-24-30)28-13-6-4-7-14-28/h3-27H,2H2,1H3/b38-3-. The number of para-hydroxylation sites is 1. The van der Waals surface area contributed by atoms with E-state index in [1.54, 1.807) is 0 Å². The average Bonchev–Trinajstić information content (AvgIpc) is 3.40. The third kappa shape index (κ3) is 4.44. The van der Waals surface area contributed by atoms with E-state index in [1.807, 2.05) is 13.0 Å². The van der Waals surface area contributed by atoms with E-state index in [9.17, 15) is 0 Å². The SMILES string of the molecule is C=N/C(=C\C)c1cccc(-n2c3ccccc3c3cc(-c4ccc(-c5ccccc5)cc4)cc(-c4ccccc4)c32)c1. The Labute approximate surface area is 246 Å². The second kappa shape index (κ2) is 10.8. The van der Waals surface area contributed by atoms with Gasteiger partial charge in [-0.3, -0.25) is 4.99 Å². The summed E-state index contributed by atoms with van der Waals surface area (Å²) < 4.78 is 2.40. The van der Waals surface area contributed by atoms with Gasteiger partial charge >= 0.3 is 0 Å². The Morgan fingerprint density at radius 1 is 0.571 bits per heavy atom. The zero-order chi connectivity index (χ0) is 28.5. The first kappa shape index (κ1) is 25.5. The van der Waals surface area contributed by atoms with Crippen LogP contribution in [0.2, 0.25) is 0 Å². The number of aliphatic imine (C=N–C) groups is 1. The first-order chi connectivity index (χ1) is 20.7. The van der Waals surface area contributed by atoms with Crippen molar-refractivity contribution >= 4 is 34.2 Å². The van der Waals surface area contributed by atoms with Gasteiger partial charge in [-0.05, 0) is 71.8 Å². The molecular formula is C40H30N2. The van der Waals surface area contributed by atoms with Crippen molar-refractivity contribution in [2.45, 2.75) is 6.92 Å². The Hall–Kier alpha value is -5.47. The highest BCUT2D eigenvalue weighted by molar-refractivity contribution is 6.15. The van der Waals surface area contributed by atoms with Gasteiger partial charge in [-0.1, -0.05) is 121 Å². The van der Waals surface area contributed by atoms with Crippen molar-refractivity contribution in [3.8, 4) is 39.1 Å². The monoisotopic (exact) mass is 538 g/mol. The molecule has 42 heavy (non-hydrogen) atoms. The minimum absolute atomic E-state index is 0.877. The first-order valence-electron chi connectivity index (χ1n) is 14.3. The Bertz CT molecular complexity index is 2080. The van der Waals surface area contributed by atoms with Crippen molar-refractivity contribution in [2.24, 2.45) is 4.99 Å². The van der Waals surface area contributed by atoms with E-state index in [2.05, 4.69) is 162 Å². The summed E-state index contributed by atoms with van der Waals surface area (Å²) in [5.74, 6) is 0. The van der Waals surface area contributed by atoms with Crippen LogP contribution in [0.15, 0.2) is 157 Å². The van der Waals surface area contributed by atoms with Crippen LogP contribution >= 0.6 is 0 Å². The lowest BCUT2D eigenvalue weighted by Crippen LogP contribution is -1.97. The third-order valence-corrected chi connectivity index (χ3v) is 8.02. The molecule has 0 N–H and O–H groups in total. The van der Waals surface area contributed by atoms with Gasteiger partial charge in [0.25, 0.3) is 0 Å². The maximum atomic E-state index is 4.26. The predicted molar refractivity (Wildman–Crippen MR) is 180 cm³/mol. The number of nitrogens with zero attached hydrogens (tertiary/aromatic N) is 2. The van der Waals surface area contributed by atoms with Crippen molar-refractivity contribution < 1.29 is 0 Å². The van der Waals surface area contributed by atoms with Crippen molar-refractivity contribution in [1.29, 1.82) is 0 Å². The van der Waals surface area contributed by atoms with Gasteiger partial charge in [0.05, 0.1) is 16.7 Å². The summed E-state index contributed by atoms with van der Waals surface area (Å²) in [4.78, 5) is 4.26. The topological polar surface area (TPSA) is 17.3 Å². The van der Waals surface area contributed by atoms with Gasteiger partial charge in [0.15, 0.2) is 0 Å². The number of allylic oxidation sites excluding steroid dienone is 1. The third-order valence-electron chi connectivity index (χ3n) is 8.02. The fourth-order valence-corrected chi connectivity index (χ4v) is 6.01. The van der Waals surface area contributed by atoms with Crippen LogP contribution in [0.25, 0.3) is 66.6 Å². The quantitative estimate of drug-likeness (QED) is 0.187. The van der Waals surface area contributed by atoms with E-state index >= 15 is 0 Å². The smallest absolute Gasteiger partial charge is 0.0652 e. The molecular weight excluding hydrogens is 508 g/mol. The minimum Gasteiger partial charge on any atom is -0.309 e. The summed E-state index contributed by atoms with van der Waals surface area (Å²) in [6.45, 7) is 5.79. The van der Waals surface area contributed by atoms with E-state index in [0.29, 0.717) is 0 Å². The van der Waals surface area contributed by atoms with E-state index in [1.165, 1.54) is 55.2 Å². The Morgan fingerprint density at radius 2 is 1.19 bits per heavy atom. The van der Waals surface area contributed by atoms with Gasteiger partial charge in [-0.2, -0.15) is 0 Å². The van der Waals surface area contributed by atoms with Gasteiger partial charge in [-0.25, -0.2) is 0 Å². The zero-order valence-corrected chi connectivity index (χ0v) is 23.5. The molecule has 0 atom stereocenters. The van der Waals surface area contributed by atoms with Gasteiger partial charge < -0.3 is 4.57 Å². The molecule has 1 aromatic heterocycles. The van der Waals surface area contributed by atoms with Crippen LogP contribution in [-0.2, 0) is 0 Å². The maximum absolute atomic E-state index is 4.26. The number of hydrogen-bond acceptors (Lipinski definition) is 1. The molecule has 0 bridgehead atoms. The second-order valence-electron chi connectivity index (χ2n) is 10.5. The zero-order valence-electron chi connectivity index (χ0n) is 23.5. The molecule has 0 amide bonds. The summed E-state index contributed by atoms with van der Waals surface area (Å²) in [6, 6.07) is 52.1. The summed E-state index contributed by atoms with van der Waals surface area (Å²) in [6.07, 6.45) is 2.00. The lowest BCUT2D eigenvalue weighted by molar-refractivity contribution is 1.18. The van der Waals surface area contributed by atoms with E-state index in [4.69, 9.17) is 0 Å². The van der Waals surface area contributed by atoms with Gasteiger partial charge in [-0.15, -0.1) is 0 Å². The summed E-state index contributed by atoms with van der Waals surface area (Å²) in [5, 5.41) is 2.46. The van der Waals surface area contributed by atoms with Crippen molar-refractivity contribution in [2.75, 3.05) is 0 Å². The van der Waals surface area contributed by atoms with Crippen LogP contribution in [0.5, 0.6) is 0 Å². The lowest BCUT2D eigenvalue weighted by atomic mass is 9.94. The van der Waals surface area contributed by atoms with E-state index < -0.39 is 0 Å². The molecule has 0 unspecified atom stereocenters. The van der Waals surface area contributed by atoms with Gasteiger partial charge in [0.1, 0.15) is 0 Å². The van der Waals surface area contributed by atoms with Crippen LogP contribution < -0.4 is 0 Å². The highest BCUT2D eigenvalue weighted by atomic mass is 15.0. The molecule has 0 aliphatic heterocycles. The molecule has 0 saturated carbocycles. The summed E-state index contributed by atoms with van der Waals surface area (Å²) >= 11 is 0. The van der Waals surface area contributed by atoms with Crippen LogP contribution in [0.3, 0.4) is 0 Å². The second-order valence-corrected chi connectivity index (χ2v) is 10.5. The molecule has 6 aromatic carbocycles. The number of hydrogen-bond donors (Lipinski definition) is 0.